The maximum Gasteiger partial charge on any atom is 0.348 e. The van der Waals surface area contributed by atoms with E-state index in [9.17, 15) is 0 Å². The molecule has 0 spiro atoms. The first-order valence-electron chi connectivity index (χ1n) is 6.77. The summed E-state index contributed by atoms with van der Waals surface area (Å²) >= 11 is 74.5. The highest BCUT2D eigenvalue weighted by atomic mass is 35.9. The van der Waals surface area contributed by atoms with Crippen LogP contribution < -0.4 is 0 Å². The molecule has 2 atom stereocenters. The molecule has 1 aromatic carbocycles. The first kappa shape index (κ1) is 27.6. The molecule has 0 aliphatic heterocycles. The SMILES string of the molecule is Cl[Si](Cl)(Cl)CC(c1ccccc1C(C[Si](Cl)(Cl)Cl)[Si](Cl)(Cl)Cl)[Si](Cl)(Cl)Cl. The maximum atomic E-state index is 6.32. The third kappa shape index (κ3) is 9.80. The van der Waals surface area contributed by atoms with Crippen LogP contribution in [0.1, 0.15) is 22.2 Å². The molecular formula is C10H10Cl12Si4. The normalized spacial score (nSPS) is 16.5. The largest absolute Gasteiger partial charge is 0.348 e. The zero-order valence-electron chi connectivity index (χ0n) is 12.4. The molecule has 0 aliphatic rings. The topological polar surface area (TPSA) is 0 Å². The second kappa shape index (κ2) is 10.5. The van der Waals surface area contributed by atoms with E-state index in [0.717, 1.165) is 0 Å². The van der Waals surface area contributed by atoms with Gasteiger partial charge in [-0.2, -0.15) is 0 Å². The van der Waals surface area contributed by atoms with Crippen molar-refractivity contribution in [3.8, 4) is 0 Å². The van der Waals surface area contributed by atoms with Crippen molar-refractivity contribution >= 4 is 157 Å². The number of rotatable bonds is 8. The molecule has 0 heterocycles. The van der Waals surface area contributed by atoms with Gasteiger partial charge in [0.1, 0.15) is 0 Å². The Bertz CT molecular complexity index is 549. The monoisotopic (exact) mass is 662 g/mol. The van der Waals surface area contributed by atoms with Gasteiger partial charge in [0.15, 0.2) is 0 Å². The summed E-state index contributed by atoms with van der Waals surface area (Å²) in [6.45, 7) is 0. The Labute approximate surface area is 213 Å². The summed E-state index contributed by atoms with van der Waals surface area (Å²) in [5.74, 6) is 0. The van der Waals surface area contributed by atoms with Crippen LogP contribution in [0, 0.1) is 0 Å². The molecule has 16 heteroatoms. The van der Waals surface area contributed by atoms with Gasteiger partial charge in [-0.25, -0.2) is 0 Å². The first-order valence-corrected chi connectivity index (χ1v) is 27.5. The predicted molar refractivity (Wildman–Crippen MR) is 135 cm³/mol. The summed E-state index contributed by atoms with van der Waals surface area (Å²) in [6, 6.07) is -5.57. The van der Waals surface area contributed by atoms with Crippen LogP contribution in [0.4, 0.5) is 0 Å². The molecule has 0 radical (unpaired) electrons. The van der Waals surface area contributed by atoms with Crippen LogP contribution in [-0.2, 0) is 0 Å². The highest BCUT2D eigenvalue weighted by Crippen LogP contribution is 2.51. The van der Waals surface area contributed by atoms with E-state index in [2.05, 4.69) is 0 Å². The van der Waals surface area contributed by atoms with Gasteiger partial charge in [-0.05, 0) is 23.2 Å². The molecule has 150 valence electrons. The highest BCUT2D eigenvalue weighted by Gasteiger charge is 2.49. The van der Waals surface area contributed by atoms with Crippen molar-refractivity contribution in [1.82, 2.24) is 0 Å². The predicted octanol–water partition coefficient (Wildman–Crippen LogP) is 9.55. The molecule has 0 amide bonds. The average Bonchev–Trinajstić information content (AvgIpc) is 2.38. The Morgan fingerprint density at radius 2 is 0.808 bits per heavy atom. The molecule has 1 aromatic rings. The summed E-state index contributed by atoms with van der Waals surface area (Å²) in [4.78, 5) is 0. The smallest absolute Gasteiger partial charge is 0.126 e. The van der Waals surface area contributed by atoms with Crippen molar-refractivity contribution in [3.63, 3.8) is 0 Å². The van der Waals surface area contributed by atoms with Crippen molar-refractivity contribution < 1.29 is 0 Å². The van der Waals surface area contributed by atoms with Crippen molar-refractivity contribution in [2.75, 3.05) is 0 Å². The van der Waals surface area contributed by atoms with E-state index in [-0.39, 0.29) is 12.1 Å². The standard InChI is InChI=1S/C10H10Cl12Si4/c11-23(12,13)5-9(25(17,18)19)7-3-1-2-4-8(7)10(26(20,21)22)6-24(14,15)16/h1-4,9-10H,5-6H2. The Kier molecular flexibility index (Phi) is 11.1. The Morgan fingerprint density at radius 1 is 0.538 bits per heavy atom. The molecule has 0 saturated heterocycles. The summed E-state index contributed by atoms with van der Waals surface area (Å²) in [5.41, 5.74) is 0.127. The van der Waals surface area contributed by atoms with E-state index in [4.69, 9.17) is 133 Å². The van der Waals surface area contributed by atoms with E-state index >= 15 is 0 Å². The van der Waals surface area contributed by atoms with Gasteiger partial charge in [-0.1, -0.05) is 24.3 Å². The lowest BCUT2D eigenvalue weighted by atomic mass is 10.0. The second-order valence-electron chi connectivity index (χ2n) is 5.46. The maximum absolute atomic E-state index is 6.32. The number of benzene rings is 1. The molecule has 26 heavy (non-hydrogen) atoms. The van der Waals surface area contributed by atoms with Crippen LogP contribution >= 0.6 is 133 Å². The molecular weight excluding hydrogens is 658 g/mol. The molecule has 0 nitrogen and oxygen atoms in total. The van der Waals surface area contributed by atoms with Gasteiger partial charge < -0.3 is 0 Å². The Balaban J connectivity index is 3.54. The van der Waals surface area contributed by atoms with Gasteiger partial charge in [0, 0.05) is 11.1 Å². The fourth-order valence-corrected chi connectivity index (χ4v) is 20.1. The van der Waals surface area contributed by atoms with Gasteiger partial charge >= 0.3 is 24.0 Å². The van der Waals surface area contributed by atoms with Crippen LogP contribution in [0.15, 0.2) is 24.3 Å². The molecule has 0 saturated carbocycles. The van der Waals surface area contributed by atoms with Crippen molar-refractivity contribution in [3.05, 3.63) is 35.4 Å². The number of hydrogen-bond acceptors (Lipinski definition) is 0. The van der Waals surface area contributed by atoms with E-state index in [1.54, 1.807) is 24.3 Å². The van der Waals surface area contributed by atoms with Crippen LogP contribution in [0.2, 0.25) is 12.1 Å². The van der Waals surface area contributed by atoms with Gasteiger partial charge in [0.25, 0.3) is 0 Å². The third-order valence-corrected chi connectivity index (χ3v) is 16.1. The van der Waals surface area contributed by atoms with Gasteiger partial charge in [0.05, 0.1) is 0 Å². The van der Waals surface area contributed by atoms with Gasteiger partial charge in [0.2, 0.25) is 0 Å². The minimum atomic E-state index is -3.34. The Morgan fingerprint density at radius 3 is 1.00 bits per heavy atom. The summed E-state index contributed by atoms with van der Waals surface area (Å²) < 4.78 is 0. The summed E-state index contributed by atoms with van der Waals surface area (Å²) in [6.07, 6.45) is 0. The van der Waals surface area contributed by atoms with E-state index in [1.165, 1.54) is 0 Å². The van der Waals surface area contributed by atoms with Crippen LogP contribution in [-0.4, -0.2) is 24.0 Å². The molecule has 0 aromatic heterocycles. The zero-order valence-corrected chi connectivity index (χ0v) is 25.5. The molecule has 0 N–H and O–H groups in total. The lowest BCUT2D eigenvalue weighted by Crippen LogP contribution is -2.33. The number of hydrogen-bond donors (Lipinski definition) is 0. The quantitative estimate of drug-likeness (QED) is 0.191. The van der Waals surface area contributed by atoms with Gasteiger partial charge in [-0.3, -0.25) is 0 Å². The van der Waals surface area contributed by atoms with Crippen LogP contribution in [0.25, 0.3) is 0 Å². The first-order chi connectivity index (χ1) is 11.4. The highest BCUT2D eigenvalue weighted by molar-refractivity contribution is 7.68. The Hall–Kier alpha value is 3.57. The van der Waals surface area contributed by atoms with Gasteiger partial charge in [-0.15, -0.1) is 133 Å². The van der Waals surface area contributed by atoms with Crippen molar-refractivity contribution in [1.29, 1.82) is 0 Å². The minimum absolute atomic E-state index is 0.122. The van der Waals surface area contributed by atoms with E-state index < -0.39 is 35.1 Å². The fraction of sp³-hybridized carbons (Fsp3) is 0.400. The zero-order chi connectivity index (χ0) is 20.6. The van der Waals surface area contributed by atoms with E-state index in [1.807, 2.05) is 0 Å². The minimum Gasteiger partial charge on any atom is -0.126 e. The fourth-order valence-electron chi connectivity index (χ4n) is 2.41. The lowest BCUT2D eigenvalue weighted by Gasteiger charge is -2.32. The summed E-state index contributed by atoms with van der Waals surface area (Å²) in [5, 5.41) is 0. The average molecular weight is 668 g/mol. The third-order valence-electron chi connectivity index (χ3n) is 3.41. The molecule has 0 fully saturated rings. The van der Waals surface area contributed by atoms with Crippen LogP contribution in [0.3, 0.4) is 0 Å². The molecule has 1 rings (SSSR count). The molecule has 2 unspecified atom stereocenters. The molecule has 0 bridgehead atoms. The lowest BCUT2D eigenvalue weighted by molar-refractivity contribution is 0.959. The second-order valence-corrected chi connectivity index (χ2v) is 41.6. The number of halogens is 12. The van der Waals surface area contributed by atoms with Crippen LogP contribution in [0.5, 0.6) is 0 Å². The van der Waals surface area contributed by atoms with E-state index in [0.29, 0.717) is 11.1 Å². The molecule has 0 aliphatic carbocycles. The summed E-state index contributed by atoms with van der Waals surface area (Å²) in [7, 11) is 0. The van der Waals surface area contributed by atoms with Crippen molar-refractivity contribution in [2.24, 2.45) is 0 Å². The van der Waals surface area contributed by atoms with Crippen molar-refractivity contribution in [2.45, 2.75) is 23.2 Å².